The quantitative estimate of drug-likeness (QED) is 0.846. The Kier molecular flexibility index (Phi) is 5.85. The largest absolute Gasteiger partial charge is 0.342 e. The van der Waals surface area contributed by atoms with Crippen molar-refractivity contribution in [1.29, 1.82) is 0 Å². The third-order valence-corrected chi connectivity index (χ3v) is 5.20. The second-order valence-electron chi connectivity index (χ2n) is 7.06. The highest BCUT2D eigenvalue weighted by molar-refractivity contribution is 5.78. The van der Waals surface area contributed by atoms with Crippen molar-refractivity contribution < 1.29 is 9.18 Å². The van der Waals surface area contributed by atoms with Crippen LogP contribution in [-0.2, 0) is 11.3 Å². The van der Waals surface area contributed by atoms with Gasteiger partial charge in [0.1, 0.15) is 5.82 Å². The number of halogens is 1. The third kappa shape index (κ3) is 4.54. The molecule has 0 spiro atoms. The van der Waals surface area contributed by atoms with E-state index < -0.39 is 0 Å². The SMILES string of the molecule is Cc1ccc(F)cc1CN1CCCN(CC(=O)N2CCCC2)CC1. The molecule has 0 atom stereocenters. The highest BCUT2D eigenvalue weighted by Crippen LogP contribution is 2.15. The van der Waals surface area contributed by atoms with E-state index in [1.165, 1.54) is 6.07 Å². The van der Waals surface area contributed by atoms with Gasteiger partial charge in [0.25, 0.3) is 0 Å². The number of likely N-dealkylation sites (tertiary alicyclic amines) is 1. The van der Waals surface area contributed by atoms with Gasteiger partial charge < -0.3 is 4.90 Å². The summed E-state index contributed by atoms with van der Waals surface area (Å²) in [4.78, 5) is 19.0. The molecule has 2 aliphatic heterocycles. The van der Waals surface area contributed by atoms with Gasteiger partial charge in [-0.15, -0.1) is 0 Å². The summed E-state index contributed by atoms with van der Waals surface area (Å²) in [6.07, 6.45) is 3.35. The number of carbonyl (C=O) groups is 1. The van der Waals surface area contributed by atoms with Crippen LogP contribution in [0.5, 0.6) is 0 Å². The summed E-state index contributed by atoms with van der Waals surface area (Å²) in [6, 6.07) is 5.02. The maximum Gasteiger partial charge on any atom is 0.236 e. The Balaban J connectivity index is 1.51. The summed E-state index contributed by atoms with van der Waals surface area (Å²) in [6.45, 7) is 9.05. The van der Waals surface area contributed by atoms with Crippen LogP contribution in [0.15, 0.2) is 18.2 Å². The standard InChI is InChI=1S/C19H28FN3O/c1-16-5-6-18(20)13-17(16)14-21-7-4-8-22(12-11-21)15-19(24)23-9-2-3-10-23/h5-6,13H,2-4,7-12,14-15H2,1H3. The Morgan fingerprint density at radius 1 is 1.00 bits per heavy atom. The molecule has 5 heteroatoms. The van der Waals surface area contributed by atoms with Crippen molar-refractivity contribution in [2.45, 2.75) is 32.7 Å². The molecule has 2 aliphatic rings. The molecule has 0 N–H and O–H groups in total. The van der Waals surface area contributed by atoms with Crippen LogP contribution in [0.25, 0.3) is 0 Å². The van der Waals surface area contributed by atoms with Crippen LogP contribution >= 0.6 is 0 Å². The van der Waals surface area contributed by atoms with E-state index in [1.807, 2.05) is 17.9 Å². The smallest absolute Gasteiger partial charge is 0.236 e. The molecule has 1 aromatic carbocycles. The van der Waals surface area contributed by atoms with Gasteiger partial charge >= 0.3 is 0 Å². The number of rotatable bonds is 4. The molecule has 1 aromatic rings. The fourth-order valence-corrected chi connectivity index (χ4v) is 3.65. The number of amides is 1. The molecule has 1 amide bonds. The van der Waals surface area contributed by atoms with Crippen LogP contribution in [0, 0.1) is 12.7 Å². The summed E-state index contributed by atoms with van der Waals surface area (Å²) in [5.74, 6) is 0.116. The fourth-order valence-electron chi connectivity index (χ4n) is 3.65. The van der Waals surface area contributed by atoms with Crippen LogP contribution < -0.4 is 0 Å². The molecule has 3 rings (SSSR count). The van der Waals surface area contributed by atoms with Crippen molar-refractivity contribution in [2.24, 2.45) is 0 Å². The van der Waals surface area contributed by atoms with Gasteiger partial charge in [0.2, 0.25) is 5.91 Å². The lowest BCUT2D eigenvalue weighted by Gasteiger charge is -2.24. The van der Waals surface area contributed by atoms with E-state index in [0.29, 0.717) is 6.54 Å². The van der Waals surface area contributed by atoms with E-state index in [-0.39, 0.29) is 11.7 Å². The minimum atomic E-state index is -0.164. The van der Waals surface area contributed by atoms with E-state index in [0.717, 1.165) is 76.2 Å². The van der Waals surface area contributed by atoms with Gasteiger partial charge in [-0.3, -0.25) is 14.6 Å². The van der Waals surface area contributed by atoms with Gasteiger partial charge in [0, 0.05) is 32.7 Å². The first-order valence-electron chi connectivity index (χ1n) is 9.09. The second-order valence-corrected chi connectivity index (χ2v) is 7.06. The van der Waals surface area contributed by atoms with E-state index in [1.54, 1.807) is 6.07 Å². The van der Waals surface area contributed by atoms with Crippen molar-refractivity contribution in [3.05, 3.63) is 35.1 Å². The van der Waals surface area contributed by atoms with Crippen LogP contribution in [0.3, 0.4) is 0 Å². The molecule has 0 aromatic heterocycles. The van der Waals surface area contributed by atoms with Gasteiger partial charge in [0.15, 0.2) is 0 Å². The second kappa shape index (κ2) is 8.08. The maximum absolute atomic E-state index is 13.5. The molecular weight excluding hydrogens is 305 g/mol. The molecule has 0 bridgehead atoms. The van der Waals surface area contributed by atoms with Crippen molar-refractivity contribution in [1.82, 2.24) is 14.7 Å². The topological polar surface area (TPSA) is 26.8 Å². The molecule has 0 saturated carbocycles. The summed E-state index contributed by atoms with van der Waals surface area (Å²) >= 11 is 0. The lowest BCUT2D eigenvalue weighted by molar-refractivity contribution is -0.131. The molecule has 2 saturated heterocycles. The normalized spacial score (nSPS) is 20.3. The Labute approximate surface area is 144 Å². The van der Waals surface area contributed by atoms with Crippen LogP contribution in [0.2, 0.25) is 0 Å². The highest BCUT2D eigenvalue weighted by Gasteiger charge is 2.22. The molecule has 2 heterocycles. The highest BCUT2D eigenvalue weighted by atomic mass is 19.1. The van der Waals surface area contributed by atoms with E-state index in [9.17, 15) is 9.18 Å². The van der Waals surface area contributed by atoms with Gasteiger partial charge in [-0.2, -0.15) is 0 Å². The van der Waals surface area contributed by atoms with Crippen molar-refractivity contribution >= 4 is 5.91 Å². The zero-order chi connectivity index (χ0) is 16.9. The summed E-state index contributed by atoms with van der Waals surface area (Å²) < 4.78 is 13.5. The average Bonchev–Trinajstić information content (AvgIpc) is 3.01. The minimum absolute atomic E-state index is 0.164. The number of hydrogen-bond donors (Lipinski definition) is 0. The van der Waals surface area contributed by atoms with Crippen LogP contribution in [0.4, 0.5) is 4.39 Å². The number of hydrogen-bond acceptors (Lipinski definition) is 3. The Hall–Kier alpha value is -1.46. The zero-order valence-corrected chi connectivity index (χ0v) is 14.6. The van der Waals surface area contributed by atoms with Gasteiger partial charge in [-0.05, 0) is 62.5 Å². The molecule has 0 aliphatic carbocycles. The molecule has 0 unspecified atom stereocenters. The van der Waals surface area contributed by atoms with E-state index in [2.05, 4.69) is 9.80 Å². The Bertz CT molecular complexity index is 572. The first-order valence-corrected chi connectivity index (χ1v) is 9.09. The van der Waals surface area contributed by atoms with Crippen molar-refractivity contribution in [3.8, 4) is 0 Å². The van der Waals surface area contributed by atoms with Gasteiger partial charge in [0.05, 0.1) is 6.54 Å². The fraction of sp³-hybridized carbons (Fsp3) is 0.632. The van der Waals surface area contributed by atoms with Gasteiger partial charge in [-0.1, -0.05) is 6.07 Å². The predicted molar refractivity (Wildman–Crippen MR) is 93.3 cm³/mol. The molecule has 132 valence electrons. The number of benzene rings is 1. The number of aryl methyl sites for hydroxylation is 1. The third-order valence-electron chi connectivity index (χ3n) is 5.20. The van der Waals surface area contributed by atoms with Crippen LogP contribution in [-0.4, -0.2) is 66.4 Å². The number of carbonyl (C=O) groups excluding carboxylic acids is 1. The minimum Gasteiger partial charge on any atom is -0.342 e. The first-order chi connectivity index (χ1) is 11.6. The molecule has 2 fully saturated rings. The van der Waals surface area contributed by atoms with E-state index in [4.69, 9.17) is 0 Å². The summed E-state index contributed by atoms with van der Waals surface area (Å²) in [5, 5.41) is 0. The van der Waals surface area contributed by atoms with Crippen molar-refractivity contribution in [3.63, 3.8) is 0 Å². The maximum atomic E-state index is 13.5. The summed E-state index contributed by atoms with van der Waals surface area (Å²) in [5.41, 5.74) is 2.21. The predicted octanol–water partition coefficient (Wildman–Crippen LogP) is 2.26. The van der Waals surface area contributed by atoms with E-state index >= 15 is 0 Å². The molecular formula is C19H28FN3O. The average molecular weight is 333 g/mol. The van der Waals surface area contributed by atoms with Crippen molar-refractivity contribution in [2.75, 3.05) is 45.8 Å². The summed E-state index contributed by atoms with van der Waals surface area (Å²) in [7, 11) is 0. The Morgan fingerprint density at radius 2 is 1.71 bits per heavy atom. The monoisotopic (exact) mass is 333 g/mol. The lowest BCUT2D eigenvalue weighted by Crippen LogP contribution is -2.40. The lowest BCUT2D eigenvalue weighted by atomic mass is 10.1. The van der Waals surface area contributed by atoms with Crippen LogP contribution in [0.1, 0.15) is 30.4 Å². The molecule has 24 heavy (non-hydrogen) atoms. The number of nitrogens with zero attached hydrogens (tertiary/aromatic N) is 3. The first kappa shape index (κ1) is 17.4. The molecule has 4 nitrogen and oxygen atoms in total. The molecule has 0 radical (unpaired) electrons. The zero-order valence-electron chi connectivity index (χ0n) is 14.6. The van der Waals surface area contributed by atoms with Gasteiger partial charge in [-0.25, -0.2) is 4.39 Å². The Morgan fingerprint density at radius 3 is 2.50 bits per heavy atom.